The standard InChI is InChI=1S/C11H20F3N3/c12-11(13,14)9-17-5-3-16(4-6-17)2-1-10-7-15-8-10/h10,15H,1-9H2. The molecule has 0 amide bonds. The van der Waals surface area contributed by atoms with Crippen LogP contribution in [0.15, 0.2) is 0 Å². The van der Waals surface area contributed by atoms with E-state index in [4.69, 9.17) is 0 Å². The van der Waals surface area contributed by atoms with Crippen LogP contribution in [0.4, 0.5) is 13.2 Å². The first-order chi connectivity index (χ1) is 8.03. The molecule has 2 saturated heterocycles. The highest BCUT2D eigenvalue weighted by Gasteiger charge is 2.32. The smallest absolute Gasteiger partial charge is 0.316 e. The highest BCUT2D eigenvalue weighted by atomic mass is 19.4. The first-order valence-electron chi connectivity index (χ1n) is 6.25. The van der Waals surface area contributed by atoms with Gasteiger partial charge < -0.3 is 10.2 Å². The number of nitrogens with zero attached hydrogens (tertiary/aromatic N) is 2. The van der Waals surface area contributed by atoms with E-state index >= 15 is 0 Å². The van der Waals surface area contributed by atoms with Crippen molar-refractivity contribution in [3.8, 4) is 0 Å². The number of halogens is 3. The Bertz CT molecular complexity index is 233. The average molecular weight is 251 g/mol. The van der Waals surface area contributed by atoms with E-state index in [1.807, 2.05) is 0 Å². The Morgan fingerprint density at radius 2 is 1.59 bits per heavy atom. The molecule has 0 saturated carbocycles. The topological polar surface area (TPSA) is 18.5 Å². The number of rotatable bonds is 4. The van der Waals surface area contributed by atoms with E-state index in [1.54, 1.807) is 0 Å². The van der Waals surface area contributed by atoms with Gasteiger partial charge >= 0.3 is 6.18 Å². The molecule has 0 atom stereocenters. The van der Waals surface area contributed by atoms with Crippen molar-refractivity contribution in [2.45, 2.75) is 12.6 Å². The highest BCUT2D eigenvalue weighted by molar-refractivity contribution is 4.78. The fraction of sp³-hybridized carbons (Fsp3) is 1.00. The molecule has 0 aliphatic carbocycles. The molecule has 1 N–H and O–H groups in total. The Morgan fingerprint density at radius 3 is 2.06 bits per heavy atom. The number of nitrogens with one attached hydrogen (secondary N) is 1. The summed E-state index contributed by atoms with van der Waals surface area (Å²) in [6.45, 7) is 5.12. The fourth-order valence-corrected chi connectivity index (χ4v) is 2.34. The van der Waals surface area contributed by atoms with Gasteiger partial charge in [0.15, 0.2) is 0 Å². The zero-order valence-corrected chi connectivity index (χ0v) is 9.97. The van der Waals surface area contributed by atoms with E-state index < -0.39 is 12.7 Å². The van der Waals surface area contributed by atoms with Gasteiger partial charge in [-0.2, -0.15) is 13.2 Å². The van der Waals surface area contributed by atoms with Gasteiger partial charge in [-0.15, -0.1) is 0 Å². The molecule has 2 aliphatic heterocycles. The lowest BCUT2D eigenvalue weighted by Gasteiger charge is -2.36. The van der Waals surface area contributed by atoms with Crippen molar-refractivity contribution in [3.63, 3.8) is 0 Å². The monoisotopic (exact) mass is 251 g/mol. The number of hydrogen-bond donors (Lipinski definition) is 1. The second kappa shape index (κ2) is 5.54. The summed E-state index contributed by atoms with van der Waals surface area (Å²) < 4.78 is 36.5. The van der Waals surface area contributed by atoms with Crippen molar-refractivity contribution in [3.05, 3.63) is 0 Å². The van der Waals surface area contributed by atoms with Crippen molar-refractivity contribution >= 4 is 0 Å². The van der Waals surface area contributed by atoms with Crippen molar-refractivity contribution < 1.29 is 13.2 Å². The molecule has 2 rings (SSSR count). The molecule has 6 heteroatoms. The van der Waals surface area contributed by atoms with Crippen molar-refractivity contribution in [1.82, 2.24) is 15.1 Å². The van der Waals surface area contributed by atoms with Gasteiger partial charge in [-0.05, 0) is 32.0 Å². The van der Waals surface area contributed by atoms with Gasteiger partial charge in [0, 0.05) is 26.2 Å². The van der Waals surface area contributed by atoms with Crippen LogP contribution >= 0.6 is 0 Å². The first kappa shape index (κ1) is 13.1. The lowest BCUT2D eigenvalue weighted by atomic mass is 9.99. The molecule has 0 radical (unpaired) electrons. The second-order valence-electron chi connectivity index (χ2n) is 5.05. The predicted molar refractivity (Wildman–Crippen MR) is 59.9 cm³/mol. The molecule has 0 aromatic rings. The van der Waals surface area contributed by atoms with Crippen LogP contribution in [0.1, 0.15) is 6.42 Å². The number of hydrogen-bond acceptors (Lipinski definition) is 3. The molecule has 100 valence electrons. The molecule has 0 aromatic heterocycles. The summed E-state index contributed by atoms with van der Waals surface area (Å²) in [5.41, 5.74) is 0. The molecule has 0 aromatic carbocycles. The summed E-state index contributed by atoms with van der Waals surface area (Å²) in [5, 5.41) is 3.23. The molecule has 17 heavy (non-hydrogen) atoms. The molecular weight excluding hydrogens is 231 g/mol. The van der Waals surface area contributed by atoms with Crippen LogP contribution in [0.5, 0.6) is 0 Å². The zero-order chi connectivity index (χ0) is 12.3. The van der Waals surface area contributed by atoms with Crippen LogP contribution < -0.4 is 5.32 Å². The summed E-state index contributed by atoms with van der Waals surface area (Å²) in [4.78, 5) is 3.78. The Balaban J connectivity index is 1.60. The third kappa shape index (κ3) is 4.44. The van der Waals surface area contributed by atoms with Gasteiger partial charge in [0.2, 0.25) is 0 Å². The maximum atomic E-state index is 12.2. The summed E-state index contributed by atoms with van der Waals surface area (Å²) in [7, 11) is 0. The quantitative estimate of drug-likeness (QED) is 0.796. The minimum atomic E-state index is -4.06. The molecule has 0 unspecified atom stereocenters. The molecule has 0 bridgehead atoms. The van der Waals surface area contributed by atoms with E-state index in [1.165, 1.54) is 11.3 Å². The van der Waals surface area contributed by atoms with E-state index in [9.17, 15) is 13.2 Å². The predicted octanol–water partition coefficient (Wildman–Crippen LogP) is 0.776. The van der Waals surface area contributed by atoms with Crippen LogP contribution in [0.25, 0.3) is 0 Å². The summed E-state index contributed by atoms with van der Waals surface area (Å²) >= 11 is 0. The van der Waals surface area contributed by atoms with Crippen molar-refractivity contribution in [2.75, 3.05) is 52.4 Å². The van der Waals surface area contributed by atoms with E-state index in [2.05, 4.69) is 10.2 Å². The van der Waals surface area contributed by atoms with Crippen LogP contribution in [-0.2, 0) is 0 Å². The number of piperazine rings is 1. The van der Waals surface area contributed by atoms with Crippen LogP contribution in [0.3, 0.4) is 0 Å². The van der Waals surface area contributed by atoms with Crippen molar-refractivity contribution in [2.24, 2.45) is 5.92 Å². The molecular formula is C11H20F3N3. The lowest BCUT2D eigenvalue weighted by Crippen LogP contribution is -2.50. The SMILES string of the molecule is FC(F)(F)CN1CCN(CCC2CNC2)CC1. The van der Waals surface area contributed by atoms with E-state index in [-0.39, 0.29) is 0 Å². The molecule has 2 aliphatic rings. The highest BCUT2D eigenvalue weighted by Crippen LogP contribution is 2.18. The van der Waals surface area contributed by atoms with Gasteiger partial charge in [0.25, 0.3) is 0 Å². The number of alkyl halides is 3. The first-order valence-corrected chi connectivity index (χ1v) is 6.25. The Morgan fingerprint density at radius 1 is 1.00 bits per heavy atom. The lowest BCUT2D eigenvalue weighted by molar-refractivity contribution is -0.149. The van der Waals surface area contributed by atoms with Crippen LogP contribution in [-0.4, -0.2) is 68.3 Å². The van der Waals surface area contributed by atoms with Crippen LogP contribution in [0, 0.1) is 5.92 Å². The summed E-state index contributed by atoms with van der Waals surface area (Å²) in [6.07, 6.45) is -2.88. The largest absolute Gasteiger partial charge is 0.401 e. The van der Waals surface area contributed by atoms with Gasteiger partial charge in [-0.1, -0.05) is 0 Å². The Hall–Kier alpha value is -0.330. The second-order valence-corrected chi connectivity index (χ2v) is 5.05. The zero-order valence-electron chi connectivity index (χ0n) is 9.97. The third-order valence-corrected chi connectivity index (χ3v) is 3.59. The summed E-state index contributed by atoms with van der Waals surface area (Å²) in [5.74, 6) is 0.781. The van der Waals surface area contributed by atoms with Gasteiger partial charge in [-0.25, -0.2) is 0 Å². The Kier molecular flexibility index (Phi) is 4.27. The minimum absolute atomic E-state index is 0.544. The van der Waals surface area contributed by atoms with E-state index in [0.717, 1.165) is 38.6 Å². The Labute approximate surface area is 99.9 Å². The molecule has 2 fully saturated rings. The van der Waals surface area contributed by atoms with Crippen molar-refractivity contribution in [1.29, 1.82) is 0 Å². The minimum Gasteiger partial charge on any atom is -0.316 e. The maximum Gasteiger partial charge on any atom is 0.401 e. The van der Waals surface area contributed by atoms with E-state index in [0.29, 0.717) is 13.1 Å². The summed E-state index contributed by atoms with van der Waals surface area (Å²) in [6, 6.07) is 0. The molecule has 3 nitrogen and oxygen atoms in total. The molecule has 0 spiro atoms. The molecule has 2 heterocycles. The third-order valence-electron chi connectivity index (χ3n) is 3.59. The normalized spacial score (nSPS) is 24.9. The van der Waals surface area contributed by atoms with Gasteiger partial charge in [0.1, 0.15) is 0 Å². The van der Waals surface area contributed by atoms with Gasteiger partial charge in [0.05, 0.1) is 6.54 Å². The average Bonchev–Trinajstić information content (AvgIpc) is 2.16. The fourth-order valence-electron chi connectivity index (χ4n) is 2.34. The maximum absolute atomic E-state index is 12.2. The van der Waals surface area contributed by atoms with Gasteiger partial charge in [-0.3, -0.25) is 4.90 Å². The van der Waals surface area contributed by atoms with Crippen LogP contribution in [0.2, 0.25) is 0 Å².